The lowest BCUT2D eigenvalue weighted by atomic mass is 9.93. The Morgan fingerprint density at radius 1 is 1.09 bits per heavy atom. The molecule has 0 unspecified atom stereocenters. The van der Waals surface area contributed by atoms with Crippen molar-refractivity contribution in [2.45, 2.75) is 13.5 Å². The zero-order chi connectivity index (χ0) is 25.4. The topological polar surface area (TPSA) is 154 Å². The molecule has 0 saturated carbocycles. The van der Waals surface area contributed by atoms with E-state index in [4.69, 9.17) is 16.1 Å². The largest absolute Gasteiger partial charge is 0.478 e. The number of nitriles is 1. The summed E-state index contributed by atoms with van der Waals surface area (Å²) in [7, 11) is 0. The van der Waals surface area contributed by atoms with Crippen molar-refractivity contribution in [1.82, 2.24) is 9.66 Å². The van der Waals surface area contributed by atoms with E-state index in [0.29, 0.717) is 28.8 Å². The van der Waals surface area contributed by atoms with Crippen molar-refractivity contribution in [2.24, 2.45) is 5.73 Å². The molecule has 35 heavy (non-hydrogen) atoms. The molecule has 5 N–H and O–H groups in total. The molecule has 176 valence electrons. The molecule has 0 bridgehead atoms. The summed E-state index contributed by atoms with van der Waals surface area (Å²) in [5.74, 6) is -2.39. The average Bonchev–Trinajstić information content (AvgIpc) is 3.37. The van der Waals surface area contributed by atoms with E-state index in [2.05, 4.69) is 10.4 Å². The van der Waals surface area contributed by atoms with Gasteiger partial charge in [-0.1, -0.05) is 24.3 Å². The Labute approximate surface area is 201 Å². The monoisotopic (exact) mass is 469 g/mol. The fourth-order valence-electron chi connectivity index (χ4n) is 3.36. The summed E-state index contributed by atoms with van der Waals surface area (Å²) in [6, 6.07) is 19.1. The van der Waals surface area contributed by atoms with Gasteiger partial charge in [0.15, 0.2) is 0 Å². The number of imidazole rings is 1. The highest BCUT2D eigenvalue weighted by atomic mass is 16.4. The molecule has 3 aromatic carbocycles. The van der Waals surface area contributed by atoms with Crippen molar-refractivity contribution in [3.63, 3.8) is 0 Å². The molecule has 9 heteroatoms. The Hall–Kier alpha value is -4.94. The normalized spacial score (nSPS) is 9.97. The van der Waals surface area contributed by atoms with E-state index in [0.717, 1.165) is 17.3 Å². The predicted octanol–water partition coefficient (Wildman–Crippen LogP) is 4.15. The molecule has 0 aliphatic rings. The van der Waals surface area contributed by atoms with E-state index < -0.39 is 11.9 Å². The summed E-state index contributed by atoms with van der Waals surface area (Å²) in [6.45, 7) is 2.17. The number of carbonyl (C=O) groups is 2. The molecular weight excluding hydrogens is 446 g/mol. The molecular formula is C26H23N5O4. The molecule has 4 rings (SSSR count). The summed E-state index contributed by atoms with van der Waals surface area (Å²) in [5, 5.41) is 27.2. The van der Waals surface area contributed by atoms with Crippen LogP contribution in [0.15, 0.2) is 79.4 Å². The number of benzene rings is 3. The van der Waals surface area contributed by atoms with E-state index in [1.807, 2.05) is 36.5 Å². The van der Waals surface area contributed by atoms with Gasteiger partial charge in [0, 0.05) is 18.9 Å². The number of aromatic nitrogens is 2. The highest BCUT2D eigenvalue weighted by molar-refractivity contribution is 5.98. The summed E-state index contributed by atoms with van der Waals surface area (Å²) in [4.78, 5) is 26.3. The number of hydrogen-bond donors (Lipinski definition) is 4. The van der Waals surface area contributed by atoms with Crippen molar-refractivity contribution < 1.29 is 19.8 Å². The van der Waals surface area contributed by atoms with Crippen molar-refractivity contribution in [2.75, 3.05) is 5.43 Å². The lowest BCUT2D eigenvalue weighted by molar-refractivity contribution is 0.0695. The van der Waals surface area contributed by atoms with Crippen LogP contribution >= 0.6 is 0 Å². The van der Waals surface area contributed by atoms with E-state index in [1.54, 1.807) is 48.4 Å². The molecule has 0 spiro atoms. The zero-order valence-electron chi connectivity index (χ0n) is 18.8. The zero-order valence-corrected chi connectivity index (χ0v) is 18.8. The SMILES string of the molecule is Cc1c(C(=O)O)cc(C(=O)O)cc1-c1cccc(C#N)c1.NCc1cccc(Nn2ccnc2)c1. The molecule has 1 heterocycles. The van der Waals surface area contributed by atoms with E-state index in [9.17, 15) is 14.7 Å². The smallest absolute Gasteiger partial charge is 0.335 e. The first kappa shape index (κ1) is 24.7. The fourth-order valence-corrected chi connectivity index (χ4v) is 3.36. The molecule has 0 fully saturated rings. The second-order valence-electron chi connectivity index (χ2n) is 7.49. The molecule has 9 nitrogen and oxygen atoms in total. The van der Waals surface area contributed by atoms with Gasteiger partial charge in [-0.15, -0.1) is 0 Å². The Morgan fingerprint density at radius 3 is 2.49 bits per heavy atom. The first-order valence-corrected chi connectivity index (χ1v) is 10.5. The molecule has 0 atom stereocenters. The molecule has 4 aromatic rings. The summed E-state index contributed by atoms with van der Waals surface area (Å²) in [5.41, 5.74) is 12.6. The van der Waals surface area contributed by atoms with Gasteiger partial charge in [-0.2, -0.15) is 5.26 Å². The third kappa shape index (κ3) is 6.31. The number of hydrogen-bond acceptors (Lipinski definition) is 6. The highest BCUT2D eigenvalue weighted by Gasteiger charge is 2.17. The quantitative estimate of drug-likeness (QED) is 0.328. The third-order valence-corrected chi connectivity index (χ3v) is 5.11. The lowest BCUT2D eigenvalue weighted by Crippen LogP contribution is -2.06. The van der Waals surface area contributed by atoms with Gasteiger partial charge < -0.3 is 15.9 Å². The van der Waals surface area contributed by atoms with Crippen LogP contribution in [-0.2, 0) is 6.54 Å². The maximum Gasteiger partial charge on any atom is 0.335 e. The maximum atomic E-state index is 11.3. The average molecular weight is 470 g/mol. The number of nitrogens with zero attached hydrogens (tertiary/aromatic N) is 3. The molecule has 0 aliphatic heterocycles. The Balaban J connectivity index is 0.000000211. The van der Waals surface area contributed by atoms with Crippen LogP contribution in [0.25, 0.3) is 11.1 Å². The van der Waals surface area contributed by atoms with Gasteiger partial charge in [-0.25, -0.2) is 14.6 Å². The maximum absolute atomic E-state index is 11.3. The van der Waals surface area contributed by atoms with Gasteiger partial charge >= 0.3 is 11.9 Å². The van der Waals surface area contributed by atoms with Crippen LogP contribution in [0.3, 0.4) is 0 Å². The van der Waals surface area contributed by atoms with E-state index in [-0.39, 0.29) is 11.1 Å². The van der Waals surface area contributed by atoms with Crippen LogP contribution in [0, 0.1) is 18.3 Å². The second-order valence-corrected chi connectivity index (χ2v) is 7.49. The first-order valence-electron chi connectivity index (χ1n) is 10.5. The second kappa shape index (κ2) is 11.3. The van der Waals surface area contributed by atoms with Gasteiger partial charge in [-0.05, 0) is 65.6 Å². The standard InChI is InChI=1S/C16H11NO4.C10H12N4/c1-9-13(11-4-2-3-10(5-11)8-17)6-12(15(18)19)7-14(9)16(20)21;11-7-9-2-1-3-10(6-9)13-14-5-4-12-8-14/h2-7H,1H3,(H,18,19)(H,20,21);1-6,8,13H,7,11H2. The van der Waals surface area contributed by atoms with Crippen molar-refractivity contribution in [1.29, 1.82) is 5.26 Å². The van der Waals surface area contributed by atoms with E-state index in [1.165, 1.54) is 6.07 Å². The number of nitrogens with one attached hydrogen (secondary N) is 1. The van der Waals surface area contributed by atoms with Crippen LogP contribution in [-0.4, -0.2) is 31.8 Å². The molecule has 0 aliphatic carbocycles. The first-order chi connectivity index (χ1) is 16.8. The minimum absolute atomic E-state index is 0.0627. The number of nitrogens with two attached hydrogens (primary N) is 1. The van der Waals surface area contributed by atoms with Crippen LogP contribution in [0.1, 0.15) is 37.4 Å². The summed E-state index contributed by atoms with van der Waals surface area (Å²) in [6.07, 6.45) is 5.27. The lowest BCUT2D eigenvalue weighted by Gasteiger charge is -2.11. The molecule has 0 radical (unpaired) electrons. The summed E-state index contributed by atoms with van der Waals surface area (Å²) >= 11 is 0. The van der Waals surface area contributed by atoms with Gasteiger partial charge in [0.05, 0.1) is 28.4 Å². The fraction of sp³-hybridized carbons (Fsp3) is 0.0769. The Kier molecular flexibility index (Phi) is 7.95. The number of aromatic carboxylic acids is 2. The minimum Gasteiger partial charge on any atom is -0.478 e. The number of carboxylic acids is 2. The van der Waals surface area contributed by atoms with Crippen LogP contribution in [0.5, 0.6) is 0 Å². The van der Waals surface area contributed by atoms with Crippen LogP contribution < -0.4 is 11.2 Å². The predicted molar refractivity (Wildman–Crippen MR) is 131 cm³/mol. The van der Waals surface area contributed by atoms with Gasteiger partial charge in [0.2, 0.25) is 0 Å². The molecule has 0 saturated heterocycles. The Morgan fingerprint density at radius 2 is 1.86 bits per heavy atom. The Bertz CT molecular complexity index is 1390. The molecule has 1 aromatic heterocycles. The van der Waals surface area contributed by atoms with Crippen molar-refractivity contribution in [3.05, 3.63) is 107 Å². The van der Waals surface area contributed by atoms with E-state index >= 15 is 0 Å². The van der Waals surface area contributed by atoms with Gasteiger partial charge in [-0.3, -0.25) is 10.1 Å². The highest BCUT2D eigenvalue weighted by Crippen LogP contribution is 2.28. The number of rotatable bonds is 6. The minimum atomic E-state index is -1.20. The van der Waals surface area contributed by atoms with Crippen LogP contribution in [0.4, 0.5) is 5.69 Å². The third-order valence-electron chi connectivity index (χ3n) is 5.11. The van der Waals surface area contributed by atoms with Crippen molar-refractivity contribution >= 4 is 17.6 Å². The summed E-state index contributed by atoms with van der Waals surface area (Å²) < 4.78 is 1.79. The van der Waals surface area contributed by atoms with Gasteiger partial charge in [0.25, 0.3) is 0 Å². The molecule has 0 amide bonds. The van der Waals surface area contributed by atoms with Crippen LogP contribution in [0.2, 0.25) is 0 Å². The van der Waals surface area contributed by atoms with Gasteiger partial charge in [0.1, 0.15) is 6.33 Å². The number of carboxylic acid groups (broad SMARTS) is 2. The number of anilines is 1. The van der Waals surface area contributed by atoms with Crippen molar-refractivity contribution in [3.8, 4) is 17.2 Å².